The first-order valence-corrected chi connectivity index (χ1v) is 9.46. The summed E-state index contributed by atoms with van der Waals surface area (Å²) in [7, 11) is 0. The molecule has 0 bridgehead atoms. The highest BCUT2D eigenvalue weighted by Gasteiger charge is 2.22. The van der Waals surface area contributed by atoms with E-state index in [1.54, 1.807) is 24.3 Å². The molecule has 1 aliphatic rings. The third-order valence-electron chi connectivity index (χ3n) is 4.37. The predicted octanol–water partition coefficient (Wildman–Crippen LogP) is 2.34. The van der Waals surface area contributed by atoms with Gasteiger partial charge in [0.25, 0.3) is 11.7 Å². The molecule has 1 saturated heterocycles. The molecule has 0 radical (unpaired) electrons. The first-order chi connectivity index (χ1) is 12.6. The molecule has 1 heterocycles. The first kappa shape index (κ1) is 18.7. The topological polar surface area (TPSA) is 36.8 Å². The van der Waals surface area contributed by atoms with E-state index in [0.29, 0.717) is 28.9 Å². The van der Waals surface area contributed by atoms with Crippen LogP contribution in [-0.4, -0.2) is 44.4 Å². The molecule has 3 rings (SSSR count). The molecule has 2 aromatic rings. The van der Waals surface area contributed by atoms with E-state index < -0.39 is 5.76 Å². The monoisotopic (exact) mass is 378 g/mol. The van der Waals surface area contributed by atoms with Gasteiger partial charge in [-0.05, 0) is 36.4 Å². The van der Waals surface area contributed by atoms with Gasteiger partial charge in [0, 0.05) is 16.3 Å². The van der Waals surface area contributed by atoms with Crippen LogP contribution in [-0.2, 0) is 4.79 Å². The van der Waals surface area contributed by atoms with Crippen LogP contribution in [0.1, 0.15) is 0 Å². The maximum atomic E-state index is 12.3. The number of anilines is 2. The summed E-state index contributed by atoms with van der Waals surface area (Å²) >= 11 is 0.498. The number of nitrogens with zero attached hydrogens (tertiary/aromatic N) is 1. The van der Waals surface area contributed by atoms with Gasteiger partial charge in [0.15, 0.2) is 6.54 Å². The van der Waals surface area contributed by atoms with E-state index in [9.17, 15) is 13.6 Å². The number of quaternary nitrogens is 1. The Balaban J connectivity index is 1.44. The third-order valence-corrected chi connectivity index (χ3v) is 5.09. The largest absolute Gasteiger partial charge is 0.360 e. The zero-order chi connectivity index (χ0) is 18.4. The Labute approximate surface area is 156 Å². The van der Waals surface area contributed by atoms with Crippen molar-refractivity contribution in [3.05, 3.63) is 54.6 Å². The molecule has 0 aliphatic carbocycles. The maximum absolute atomic E-state index is 12.3. The molecule has 0 spiro atoms. The van der Waals surface area contributed by atoms with Crippen molar-refractivity contribution in [2.24, 2.45) is 0 Å². The number of thioether (sulfide) groups is 1. The number of nitrogens with one attached hydrogen (secondary N) is 2. The number of hydrogen-bond donors (Lipinski definition) is 2. The van der Waals surface area contributed by atoms with Crippen LogP contribution >= 0.6 is 11.8 Å². The van der Waals surface area contributed by atoms with Crippen molar-refractivity contribution in [3.63, 3.8) is 0 Å². The van der Waals surface area contributed by atoms with E-state index in [4.69, 9.17) is 0 Å². The van der Waals surface area contributed by atoms with E-state index in [-0.39, 0.29) is 5.91 Å². The fourth-order valence-electron chi connectivity index (χ4n) is 3.05. The lowest BCUT2D eigenvalue weighted by atomic mass is 10.2. The van der Waals surface area contributed by atoms with Gasteiger partial charge in [-0.1, -0.05) is 30.0 Å². The van der Waals surface area contributed by atoms with Crippen LogP contribution in [0.15, 0.2) is 59.5 Å². The SMILES string of the molecule is O=C(C[NH+]1CCN(c2ccccc2)CC1)Nc1ccc(SC(F)F)cc1. The Hall–Kier alpha value is -2.12. The highest BCUT2D eigenvalue weighted by Crippen LogP contribution is 2.26. The van der Waals surface area contributed by atoms with Crippen LogP contribution in [0.3, 0.4) is 0 Å². The highest BCUT2D eigenvalue weighted by molar-refractivity contribution is 7.99. The van der Waals surface area contributed by atoms with Gasteiger partial charge < -0.3 is 15.1 Å². The summed E-state index contributed by atoms with van der Waals surface area (Å²) in [5.74, 6) is -2.49. The first-order valence-electron chi connectivity index (χ1n) is 8.58. The molecule has 1 amide bonds. The number of piperazine rings is 1. The fourth-order valence-corrected chi connectivity index (χ4v) is 3.55. The van der Waals surface area contributed by atoms with Crippen LogP contribution in [0, 0.1) is 0 Å². The number of halogens is 2. The number of para-hydroxylation sites is 1. The summed E-state index contributed by atoms with van der Waals surface area (Å²) in [4.78, 5) is 16.3. The Kier molecular flexibility index (Phi) is 6.46. The average Bonchev–Trinajstić information content (AvgIpc) is 2.64. The van der Waals surface area contributed by atoms with Crippen LogP contribution < -0.4 is 15.1 Å². The summed E-state index contributed by atoms with van der Waals surface area (Å²) in [6.45, 7) is 4.08. The minimum Gasteiger partial charge on any atom is -0.360 e. The summed E-state index contributed by atoms with van der Waals surface area (Å²) in [5.41, 5.74) is 1.86. The Morgan fingerprint density at radius 3 is 2.35 bits per heavy atom. The smallest absolute Gasteiger partial charge is 0.288 e. The molecule has 138 valence electrons. The number of carbonyl (C=O) groups is 1. The lowest BCUT2D eigenvalue weighted by Crippen LogP contribution is -3.15. The zero-order valence-electron chi connectivity index (χ0n) is 14.3. The molecular formula is C19H22F2N3OS+. The Morgan fingerprint density at radius 2 is 1.73 bits per heavy atom. The van der Waals surface area contributed by atoms with Crippen LogP contribution in [0.4, 0.5) is 20.2 Å². The van der Waals surface area contributed by atoms with E-state index in [1.807, 2.05) is 18.2 Å². The molecule has 1 fully saturated rings. The van der Waals surface area contributed by atoms with E-state index in [2.05, 4.69) is 22.3 Å². The summed E-state index contributed by atoms with van der Waals surface area (Å²) in [5, 5.41) is 2.84. The maximum Gasteiger partial charge on any atom is 0.288 e. The van der Waals surface area contributed by atoms with Crippen molar-refractivity contribution < 1.29 is 18.5 Å². The van der Waals surface area contributed by atoms with E-state index >= 15 is 0 Å². The van der Waals surface area contributed by atoms with Crippen molar-refractivity contribution in [1.82, 2.24) is 0 Å². The minimum atomic E-state index is -2.44. The van der Waals surface area contributed by atoms with Crippen LogP contribution in [0.25, 0.3) is 0 Å². The standard InChI is InChI=1S/C19H21F2N3OS/c20-19(21)26-17-8-6-15(7-9-17)22-18(25)14-23-10-12-24(13-11-23)16-4-2-1-3-5-16/h1-9,19H,10-14H2,(H,22,25)/p+1. The van der Waals surface area contributed by atoms with E-state index in [1.165, 1.54) is 10.6 Å². The molecule has 0 atom stereocenters. The van der Waals surface area contributed by atoms with Crippen molar-refractivity contribution in [2.45, 2.75) is 10.7 Å². The van der Waals surface area contributed by atoms with Crippen molar-refractivity contribution in [1.29, 1.82) is 0 Å². The van der Waals surface area contributed by atoms with Gasteiger partial charge in [0.2, 0.25) is 0 Å². The predicted molar refractivity (Wildman–Crippen MR) is 101 cm³/mol. The van der Waals surface area contributed by atoms with Crippen LogP contribution in [0.2, 0.25) is 0 Å². The normalized spacial score (nSPS) is 15.3. The van der Waals surface area contributed by atoms with Crippen molar-refractivity contribution in [2.75, 3.05) is 42.9 Å². The van der Waals surface area contributed by atoms with Gasteiger partial charge in [0.1, 0.15) is 0 Å². The van der Waals surface area contributed by atoms with Crippen molar-refractivity contribution in [3.8, 4) is 0 Å². The molecule has 7 heteroatoms. The van der Waals surface area contributed by atoms with Crippen molar-refractivity contribution >= 4 is 29.0 Å². The minimum absolute atomic E-state index is 0.0533. The second kappa shape index (κ2) is 9.00. The number of amides is 1. The zero-order valence-corrected chi connectivity index (χ0v) is 15.1. The Bertz CT molecular complexity index is 704. The second-order valence-corrected chi connectivity index (χ2v) is 7.26. The van der Waals surface area contributed by atoms with Gasteiger partial charge in [-0.25, -0.2) is 0 Å². The summed E-state index contributed by atoms with van der Waals surface area (Å²) in [6.07, 6.45) is 0. The van der Waals surface area contributed by atoms with Gasteiger partial charge in [-0.15, -0.1) is 0 Å². The number of carbonyl (C=O) groups excluding carboxylic acids is 1. The van der Waals surface area contributed by atoms with Gasteiger partial charge in [-0.3, -0.25) is 4.79 Å². The average molecular weight is 378 g/mol. The molecule has 2 aromatic carbocycles. The number of benzene rings is 2. The number of alkyl halides is 2. The number of hydrogen-bond acceptors (Lipinski definition) is 3. The van der Waals surface area contributed by atoms with E-state index in [0.717, 1.165) is 26.2 Å². The molecule has 2 N–H and O–H groups in total. The third kappa shape index (κ3) is 5.44. The molecule has 0 saturated carbocycles. The fraction of sp³-hybridized carbons (Fsp3) is 0.316. The van der Waals surface area contributed by atoms with Crippen LogP contribution in [0.5, 0.6) is 0 Å². The highest BCUT2D eigenvalue weighted by atomic mass is 32.2. The van der Waals surface area contributed by atoms with Gasteiger partial charge >= 0.3 is 0 Å². The molecule has 4 nitrogen and oxygen atoms in total. The lowest BCUT2D eigenvalue weighted by Gasteiger charge is -2.33. The number of rotatable bonds is 6. The summed E-state index contributed by atoms with van der Waals surface area (Å²) in [6, 6.07) is 16.8. The molecular weight excluding hydrogens is 356 g/mol. The second-order valence-electron chi connectivity index (χ2n) is 6.20. The Morgan fingerprint density at radius 1 is 1.08 bits per heavy atom. The quantitative estimate of drug-likeness (QED) is 0.758. The molecule has 0 aromatic heterocycles. The summed E-state index contributed by atoms with van der Waals surface area (Å²) < 4.78 is 24.6. The van der Waals surface area contributed by atoms with Gasteiger partial charge in [-0.2, -0.15) is 8.78 Å². The molecule has 0 unspecified atom stereocenters. The van der Waals surface area contributed by atoms with Gasteiger partial charge in [0.05, 0.1) is 26.2 Å². The molecule has 1 aliphatic heterocycles. The lowest BCUT2D eigenvalue weighted by molar-refractivity contribution is -0.892. The molecule has 26 heavy (non-hydrogen) atoms.